The Labute approximate surface area is 88.5 Å². The maximum atomic E-state index is 8.79. The average molecular weight is 209 g/mol. The van der Waals surface area contributed by atoms with Crippen LogP contribution < -0.4 is 15.4 Å². The van der Waals surface area contributed by atoms with Gasteiger partial charge in [-0.1, -0.05) is 0 Å². The molecule has 0 aromatic heterocycles. The predicted octanol–water partition coefficient (Wildman–Crippen LogP) is 0.681. The summed E-state index contributed by atoms with van der Waals surface area (Å²) in [5, 5.41) is 21.0. The summed E-state index contributed by atoms with van der Waals surface area (Å²) in [6.07, 6.45) is 0. The van der Waals surface area contributed by atoms with Crippen molar-refractivity contribution in [2.24, 2.45) is 0 Å². The van der Waals surface area contributed by atoms with Crippen LogP contribution in [0, 0.1) is 0 Å². The second-order valence-electron chi connectivity index (χ2n) is 3.54. The monoisotopic (exact) mass is 209 g/mol. The first-order valence-corrected chi connectivity index (χ1v) is 5.01. The highest BCUT2D eigenvalue weighted by Crippen LogP contribution is 2.19. The molecule has 0 bridgehead atoms. The molecule has 1 aromatic carbocycles. The Balaban J connectivity index is 2.08. The van der Waals surface area contributed by atoms with Crippen LogP contribution in [0.5, 0.6) is 0 Å². The summed E-state index contributed by atoms with van der Waals surface area (Å²) in [5.74, 6) is 0. The molecule has 1 aliphatic heterocycles. The Morgan fingerprint density at radius 2 is 1.67 bits per heavy atom. The number of hydrogen-bond donors (Lipinski definition) is 3. The van der Waals surface area contributed by atoms with Gasteiger partial charge in [0.2, 0.25) is 0 Å². The molecule has 0 spiro atoms. The van der Waals surface area contributed by atoms with Gasteiger partial charge in [0, 0.05) is 31.9 Å². The van der Waals surface area contributed by atoms with E-state index in [0.717, 1.165) is 31.9 Å². The molecule has 0 saturated carbocycles. The Morgan fingerprint density at radius 3 is 2.20 bits per heavy atom. The van der Waals surface area contributed by atoms with E-state index in [-0.39, 0.29) is 5.23 Å². The lowest BCUT2D eigenvalue weighted by atomic mass is 10.2. The van der Waals surface area contributed by atoms with E-state index in [1.807, 2.05) is 12.1 Å². The standard InChI is InChI=1S/C10H15N3O2/c14-13(15)10-3-1-9(2-4-10)12-7-5-11-6-8-12/h1-4,11,14-15H,5-8H2. The Bertz CT molecular complexity index is 307. The normalized spacial score (nSPS) is 16.5. The van der Waals surface area contributed by atoms with Gasteiger partial charge in [-0.25, -0.2) is 0 Å². The zero-order valence-corrected chi connectivity index (χ0v) is 8.43. The number of nitrogens with zero attached hydrogens (tertiary/aromatic N) is 2. The summed E-state index contributed by atoms with van der Waals surface area (Å²) in [5.41, 5.74) is 1.48. The molecular formula is C10H15N3O2. The van der Waals surface area contributed by atoms with Crippen molar-refractivity contribution < 1.29 is 10.4 Å². The van der Waals surface area contributed by atoms with Crippen LogP contribution in [-0.4, -0.2) is 36.6 Å². The molecule has 0 unspecified atom stereocenters. The van der Waals surface area contributed by atoms with Crippen LogP contribution in [0.3, 0.4) is 0 Å². The molecule has 1 saturated heterocycles. The molecule has 2 rings (SSSR count). The van der Waals surface area contributed by atoms with E-state index in [2.05, 4.69) is 10.2 Å². The summed E-state index contributed by atoms with van der Waals surface area (Å²) in [6, 6.07) is 7.13. The molecule has 5 nitrogen and oxygen atoms in total. The van der Waals surface area contributed by atoms with Gasteiger partial charge in [-0.05, 0) is 24.3 Å². The van der Waals surface area contributed by atoms with Crippen molar-refractivity contribution in [1.82, 2.24) is 5.32 Å². The second-order valence-corrected chi connectivity index (χ2v) is 3.54. The maximum absolute atomic E-state index is 8.79. The average Bonchev–Trinajstić information content (AvgIpc) is 2.30. The zero-order chi connectivity index (χ0) is 10.7. The van der Waals surface area contributed by atoms with Gasteiger partial charge < -0.3 is 10.2 Å². The molecule has 3 N–H and O–H groups in total. The van der Waals surface area contributed by atoms with E-state index < -0.39 is 0 Å². The first-order valence-electron chi connectivity index (χ1n) is 5.01. The molecule has 1 aromatic rings. The van der Waals surface area contributed by atoms with Crippen molar-refractivity contribution in [3.8, 4) is 0 Å². The number of hydrogen-bond acceptors (Lipinski definition) is 5. The SMILES string of the molecule is ON(O)c1ccc(N2CCNCC2)cc1. The van der Waals surface area contributed by atoms with Crippen LogP contribution in [0.15, 0.2) is 24.3 Å². The van der Waals surface area contributed by atoms with Crippen molar-refractivity contribution in [3.05, 3.63) is 24.3 Å². The summed E-state index contributed by atoms with van der Waals surface area (Å²) in [6.45, 7) is 3.96. The fourth-order valence-electron chi connectivity index (χ4n) is 1.72. The van der Waals surface area contributed by atoms with Crippen molar-refractivity contribution in [2.75, 3.05) is 36.3 Å². The summed E-state index contributed by atoms with van der Waals surface area (Å²) >= 11 is 0. The lowest BCUT2D eigenvalue weighted by Crippen LogP contribution is -2.43. The first-order chi connectivity index (χ1) is 7.27. The molecule has 0 aliphatic carbocycles. The minimum Gasteiger partial charge on any atom is -0.369 e. The van der Waals surface area contributed by atoms with Gasteiger partial charge in [0.15, 0.2) is 0 Å². The minimum absolute atomic E-state index is 0.127. The highest BCUT2D eigenvalue weighted by Gasteiger charge is 2.10. The smallest absolute Gasteiger partial charge is 0.0944 e. The largest absolute Gasteiger partial charge is 0.369 e. The fraction of sp³-hybridized carbons (Fsp3) is 0.400. The van der Waals surface area contributed by atoms with Gasteiger partial charge in [-0.2, -0.15) is 0 Å². The van der Waals surface area contributed by atoms with E-state index in [4.69, 9.17) is 10.4 Å². The van der Waals surface area contributed by atoms with Crippen LogP contribution in [0.2, 0.25) is 0 Å². The van der Waals surface area contributed by atoms with Gasteiger partial charge in [0.05, 0.1) is 5.69 Å². The highest BCUT2D eigenvalue weighted by molar-refractivity contribution is 5.54. The molecule has 1 fully saturated rings. The Morgan fingerprint density at radius 1 is 1.07 bits per heavy atom. The third-order valence-corrected chi connectivity index (χ3v) is 2.56. The number of nitrogens with one attached hydrogen (secondary N) is 1. The number of benzene rings is 1. The van der Waals surface area contributed by atoms with Gasteiger partial charge in [-0.3, -0.25) is 10.4 Å². The van der Waals surface area contributed by atoms with Crippen LogP contribution in [-0.2, 0) is 0 Å². The third-order valence-electron chi connectivity index (χ3n) is 2.56. The molecule has 0 amide bonds. The summed E-state index contributed by atoms with van der Waals surface area (Å²) in [4.78, 5) is 2.26. The first kappa shape index (κ1) is 10.2. The van der Waals surface area contributed by atoms with Crippen molar-refractivity contribution in [1.29, 1.82) is 0 Å². The predicted molar refractivity (Wildman–Crippen MR) is 57.6 cm³/mol. The molecule has 0 radical (unpaired) electrons. The van der Waals surface area contributed by atoms with Crippen molar-refractivity contribution in [2.45, 2.75) is 0 Å². The highest BCUT2D eigenvalue weighted by atomic mass is 16.8. The van der Waals surface area contributed by atoms with Gasteiger partial charge in [0.1, 0.15) is 0 Å². The topological polar surface area (TPSA) is 59.0 Å². The van der Waals surface area contributed by atoms with Gasteiger partial charge in [-0.15, -0.1) is 5.23 Å². The third kappa shape index (κ3) is 2.38. The van der Waals surface area contributed by atoms with Gasteiger partial charge >= 0.3 is 0 Å². The molecule has 15 heavy (non-hydrogen) atoms. The quantitative estimate of drug-likeness (QED) is 0.625. The van der Waals surface area contributed by atoms with E-state index in [9.17, 15) is 0 Å². The Hall–Kier alpha value is -1.30. The van der Waals surface area contributed by atoms with E-state index in [0.29, 0.717) is 5.69 Å². The summed E-state index contributed by atoms with van der Waals surface area (Å²) in [7, 11) is 0. The summed E-state index contributed by atoms with van der Waals surface area (Å²) < 4.78 is 0. The van der Waals surface area contributed by atoms with Crippen LogP contribution >= 0.6 is 0 Å². The number of rotatable bonds is 2. The molecule has 0 atom stereocenters. The van der Waals surface area contributed by atoms with Crippen LogP contribution in [0.1, 0.15) is 0 Å². The second kappa shape index (κ2) is 4.48. The van der Waals surface area contributed by atoms with E-state index >= 15 is 0 Å². The van der Waals surface area contributed by atoms with Gasteiger partial charge in [0.25, 0.3) is 0 Å². The lowest BCUT2D eigenvalue weighted by Gasteiger charge is -2.29. The number of anilines is 2. The molecule has 5 heteroatoms. The van der Waals surface area contributed by atoms with Crippen molar-refractivity contribution >= 4 is 11.4 Å². The van der Waals surface area contributed by atoms with Crippen LogP contribution in [0.25, 0.3) is 0 Å². The number of piperazine rings is 1. The maximum Gasteiger partial charge on any atom is 0.0944 e. The minimum atomic E-state index is 0.127. The lowest BCUT2D eigenvalue weighted by molar-refractivity contribution is 0.0292. The molecule has 1 aliphatic rings. The zero-order valence-electron chi connectivity index (χ0n) is 8.43. The van der Waals surface area contributed by atoms with E-state index in [1.165, 1.54) is 0 Å². The molecule has 82 valence electrons. The van der Waals surface area contributed by atoms with E-state index in [1.54, 1.807) is 12.1 Å². The molecule has 1 heterocycles. The van der Waals surface area contributed by atoms with Crippen LogP contribution in [0.4, 0.5) is 11.4 Å². The molecular weight excluding hydrogens is 194 g/mol. The fourth-order valence-corrected chi connectivity index (χ4v) is 1.72. The van der Waals surface area contributed by atoms with Crippen molar-refractivity contribution in [3.63, 3.8) is 0 Å². The Kier molecular flexibility index (Phi) is 3.05.